The van der Waals surface area contributed by atoms with Crippen molar-refractivity contribution in [1.82, 2.24) is 25.3 Å². The smallest absolute Gasteiger partial charge is 0.260 e. The van der Waals surface area contributed by atoms with Crippen LogP contribution < -0.4 is 11.2 Å². The van der Waals surface area contributed by atoms with Crippen molar-refractivity contribution < 1.29 is 13.8 Å². The number of fused-ring (bicyclic) bond motifs is 1. The van der Waals surface area contributed by atoms with Gasteiger partial charge in [0.15, 0.2) is 17.3 Å². The molecule has 0 unspecified atom stereocenters. The van der Waals surface area contributed by atoms with Crippen LogP contribution in [-0.2, 0) is 11.3 Å². The van der Waals surface area contributed by atoms with E-state index in [1.807, 2.05) is 24.3 Å². The molecule has 3 aromatic heterocycles. The average Bonchev–Trinajstić information content (AvgIpc) is 3.52. The second kappa shape index (κ2) is 9.00. The molecule has 10 nitrogen and oxygen atoms in total. The lowest BCUT2D eigenvalue weighted by atomic mass is 10.2. The number of carbonyl (C=O) groups is 1. The number of rotatable bonds is 6. The number of anilines is 1. The highest BCUT2D eigenvalue weighted by Gasteiger charge is 2.20. The summed E-state index contributed by atoms with van der Waals surface area (Å²) < 4.78 is 12.1. The molecule has 0 aliphatic carbocycles. The third kappa shape index (κ3) is 4.36. The Bertz CT molecular complexity index is 1520. The van der Waals surface area contributed by atoms with Crippen molar-refractivity contribution in [3.63, 3.8) is 0 Å². The number of halogens is 2. The van der Waals surface area contributed by atoms with Crippen molar-refractivity contribution >= 4 is 52.2 Å². The van der Waals surface area contributed by atoms with E-state index in [-0.39, 0.29) is 18.1 Å². The number of hydrazone groups is 1. The first-order valence-corrected chi connectivity index (χ1v) is 10.7. The Morgan fingerprint density at radius 3 is 2.68 bits per heavy atom. The monoisotopic (exact) mass is 495 g/mol. The number of nitrogens with two attached hydrogens (primary N) is 1. The lowest BCUT2D eigenvalue weighted by molar-refractivity contribution is -0.121. The summed E-state index contributed by atoms with van der Waals surface area (Å²) in [6.45, 7) is -0.0933. The Kier molecular flexibility index (Phi) is 5.74. The second-order valence-corrected chi connectivity index (χ2v) is 8.03. The van der Waals surface area contributed by atoms with Crippen molar-refractivity contribution in [2.24, 2.45) is 5.10 Å². The summed E-state index contributed by atoms with van der Waals surface area (Å²) in [5, 5.41) is 12.4. The highest BCUT2D eigenvalue weighted by molar-refractivity contribution is 6.35. The summed E-state index contributed by atoms with van der Waals surface area (Å²) in [5.41, 5.74) is 10.7. The van der Waals surface area contributed by atoms with Crippen LogP contribution in [0.1, 0.15) is 5.76 Å². The Morgan fingerprint density at radius 1 is 1.12 bits per heavy atom. The number of nitrogens with zero attached hydrogens (tertiary/aromatic N) is 5. The Balaban J connectivity index is 1.32. The molecule has 0 saturated heterocycles. The summed E-state index contributed by atoms with van der Waals surface area (Å²) in [6, 6.07) is 15.9. The molecular weight excluding hydrogens is 481 g/mol. The minimum absolute atomic E-state index is 0.0737. The summed E-state index contributed by atoms with van der Waals surface area (Å²) in [7, 11) is 0. The van der Waals surface area contributed by atoms with Gasteiger partial charge in [-0.15, -0.1) is 0 Å². The van der Waals surface area contributed by atoms with Crippen molar-refractivity contribution in [1.29, 1.82) is 0 Å². The SMILES string of the molecule is Nc1nonc1-c1nc2ccccc2n1CC(=O)N/N=C/c1ccc(-c2cc(Cl)cc(Cl)c2)o1. The van der Waals surface area contributed by atoms with Crippen LogP contribution in [0.2, 0.25) is 10.0 Å². The molecule has 5 aromatic rings. The Morgan fingerprint density at radius 2 is 1.91 bits per heavy atom. The number of para-hydroxylation sites is 2. The van der Waals surface area contributed by atoms with Crippen molar-refractivity contribution in [3.05, 3.63) is 70.4 Å². The molecule has 34 heavy (non-hydrogen) atoms. The number of hydrogen-bond acceptors (Lipinski definition) is 8. The maximum atomic E-state index is 12.6. The van der Waals surface area contributed by atoms with Gasteiger partial charge in [-0.25, -0.2) is 15.0 Å². The number of amides is 1. The molecule has 3 N–H and O–H groups in total. The standard InChI is InChI=1S/C22H15Cl2N7O3/c23-13-7-12(8-14(24)9-13)18-6-5-15(33-18)10-26-28-19(32)11-31-17-4-2-1-3-16(17)27-22(31)20-21(25)30-34-29-20/h1-10H,11H2,(H2,25,30)(H,28,32)/b26-10+. The lowest BCUT2D eigenvalue weighted by Crippen LogP contribution is -2.23. The van der Waals surface area contributed by atoms with Gasteiger partial charge in [0.25, 0.3) is 5.91 Å². The van der Waals surface area contributed by atoms with Crippen molar-refractivity contribution in [2.45, 2.75) is 6.54 Å². The van der Waals surface area contributed by atoms with E-state index in [0.717, 1.165) is 11.1 Å². The first kappa shape index (κ1) is 21.7. The number of nitrogens with one attached hydrogen (secondary N) is 1. The van der Waals surface area contributed by atoms with E-state index in [4.69, 9.17) is 33.4 Å². The summed E-state index contributed by atoms with van der Waals surface area (Å²) in [4.78, 5) is 17.1. The van der Waals surface area contributed by atoms with Crippen LogP contribution >= 0.6 is 23.2 Å². The number of imidazole rings is 1. The van der Waals surface area contributed by atoms with E-state index in [1.165, 1.54) is 6.21 Å². The highest BCUT2D eigenvalue weighted by Crippen LogP contribution is 2.28. The molecule has 1 amide bonds. The highest BCUT2D eigenvalue weighted by atomic mass is 35.5. The molecule has 0 saturated carbocycles. The van der Waals surface area contributed by atoms with Crippen molar-refractivity contribution in [3.8, 4) is 22.8 Å². The van der Waals surface area contributed by atoms with Crippen LogP contribution in [0.5, 0.6) is 0 Å². The van der Waals surface area contributed by atoms with Crippen LogP contribution in [0.25, 0.3) is 33.9 Å². The summed E-state index contributed by atoms with van der Waals surface area (Å²) >= 11 is 12.1. The lowest BCUT2D eigenvalue weighted by Gasteiger charge is -2.06. The van der Waals surface area contributed by atoms with Crippen LogP contribution in [-0.4, -0.2) is 32.0 Å². The maximum absolute atomic E-state index is 12.6. The number of hydrogen-bond donors (Lipinski definition) is 2. The van der Waals surface area contributed by atoms with E-state index < -0.39 is 5.91 Å². The van der Waals surface area contributed by atoms with Gasteiger partial charge >= 0.3 is 0 Å². The Labute approximate surface area is 201 Å². The van der Waals surface area contributed by atoms with Crippen LogP contribution in [0.15, 0.2) is 68.7 Å². The number of furan rings is 1. The Hall–Kier alpha value is -4.15. The van der Waals surface area contributed by atoms with Gasteiger partial charge in [-0.05, 0) is 52.8 Å². The fraction of sp³-hybridized carbons (Fsp3) is 0.0455. The number of nitrogen functional groups attached to an aromatic ring is 1. The van der Waals surface area contributed by atoms with E-state index in [9.17, 15) is 4.79 Å². The van der Waals surface area contributed by atoms with Gasteiger partial charge in [0, 0.05) is 15.6 Å². The zero-order valence-electron chi connectivity index (χ0n) is 17.3. The van der Waals surface area contributed by atoms with Gasteiger partial charge < -0.3 is 14.7 Å². The molecule has 0 aliphatic heterocycles. The average molecular weight is 496 g/mol. The third-order valence-electron chi connectivity index (χ3n) is 4.84. The quantitative estimate of drug-likeness (QED) is 0.263. The fourth-order valence-corrected chi connectivity index (χ4v) is 3.91. The summed E-state index contributed by atoms with van der Waals surface area (Å²) in [6.07, 6.45) is 1.39. The molecule has 3 heterocycles. The molecule has 0 radical (unpaired) electrons. The van der Waals surface area contributed by atoms with Crippen LogP contribution in [0.4, 0.5) is 5.82 Å². The number of carbonyl (C=O) groups excluding carboxylic acids is 1. The zero-order valence-corrected chi connectivity index (χ0v) is 18.8. The molecule has 2 aromatic carbocycles. The molecule has 0 bridgehead atoms. The molecular formula is C22H15Cl2N7O3. The topological polar surface area (TPSA) is 137 Å². The van der Waals surface area contributed by atoms with Gasteiger partial charge in [-0.3, -0.25) is 4.79 Å². The van der Waals surface area contributed by atoms with Crippen LogP contribution in [0, 0.1) is 0 Å². The van der Waals surface area contributed by atoms with Gasteiger partial charge in [0.1, 0.15) is 18.1 Å². The first-order valence-electron chi connectivity index (χ1n) is 9.90. The maximum Gasteiger partial charge on any atom is 0.260 e. The minimum atomic E-state index is -0.399. The predicted molar refractivity (Wildman–Crippen MR) is 127 cm³/mol. The van der Waals surface area contributed by atoms with Gasteiger partial charge in [-0.2, -0.15) is 5.10 Å². The second-order valence-electron chi connectivity index (χ2n) is 7.16. The van der Waals surface area contributed by atoms with Gasteiger partial charge in [0.05, 0.1) is 17.2 Å². The van der Waals surface area contributed by atoms with Crippen LogP contribution in [0.3, 0.4) is 0 Å². The van der Waals surface area contributed by atoms with E-state index >= 15 is 0 Å². The predicted octanol–water partition coefficient (Wildman–Crippen LogP) is 4.39. The fourth-order valence-electron chi connectivity index (χ4n) is 3.39. The molecule has 0 fully saturated rings. The van der Waals surface area contributed by atoms with E-state index in [0.29, 0.717) is 32.9 Å². The minimum Gasteiger partial charge on any atom is -0.455 e. The third-order valence-corrected chi connectivity index (χ3v) is 5.27. The molecule has 0 aliphatic rings. The number of aromatic nitrogens is 4. The van der Waals surface area contributed by atoms with Crippen molar-refractivity contribution in [2.75, 3.05) is 5.73 Å². The van der Waals surface area contributed by atoms with Gasteiger partial charge in [-0.1, -0.05) is 35.3 Å². The number of benzene rings is 2. The van der Waals surface area contributed by atoms with E-state index in [2.05, 4.69) is 30.5 Å². The van der Waals surface area contributed by atoms with E-state index in [1.54, 1.807) is 34.9 Å². The molecule has 170 valence electrons. The van der Waals surface area contributed by atoms with Gasteiger partial charge in [0.2, 0.25) is 0 Å². The summed E-state index contributed by atoms with van der Waals surface area (Å²) in [5.74, 6) is 1.02. The zero-order chi connectivity index (χ0) is 23.7. The molecule has 12 heteroatoms. The molecule has 0 atom stereocenters. The molecule has 5 rings (SSSR count). The normalized spacial score (nSPS) is 11.5. The molecule has 0 spiro atoms. The largest absolute Gasteiger partial charge is 0.455 e. The first-order chi connectivity index (χ1) is 16.5.